The largest absolute Gasteiger partial charge is 0.486 e. The molecule has 8 heteroatoms. The van der Waals surface area contributed by atoms with Crippen LogP contribution in [-0.4, -0.2) is 28.6 Å². The molecule has 0 saturated carbocycles. The predicted octanol–water partition coefficient (Wildman–Crippen LogP) is 5.02. The molecule has 1 heterocycles. The molecule has 0 bridgehead atoms. The minimum absolute atomic E-state index is 0.120. The molecule has 0 aliphatic heterocycles. The third kappa shape index (κ3) is 5.50. The van der Waals surface area contributed by atoms with E-state index in [1.807, 2.05) is 20.8 Å². The lowest BCUT2D eigenvalue weighted by Gasteiger charge is -2.18. The maximum absolute atomic E-state index is 12.1. The van der Waals surface area contributed by atoms with Gasteiger partial charge in [-0.3, -0.25) is 10.1 Å². The van der Waals surface area contributed by atoms with E-state index in [2.05, 4.69) is 4.98 Å². The van der Waals surface area contributed by atoms with Crippen LogP contribution >= 0.6 is 11.3 Å². The molecule has 0 spiro atoms. The van der Waals surface area contributed by atoms with Crippen LogP contribution in [0.3, 0.4) is 0 Å². The van der Waals surface area contributed by atoms with E-state index in [0.717, 1.165) is 11.3 Å². The van der Waals surface area contributed by atoms with E-state index in [1.54, 1.807) is 32.9 Å². The van der Waals surface area contributed by atoms with Crippen LogP contribution in [0.2, 0.25) is 0 Å². The Hall–Kier alpha value is -2.48. The number of hydrogen-bond donors (Lipinski definition) is 0. The highest BCUT2D eigenvalue weighted by Gasteiger charge is 2.23. The topological polar surface area (TPSA) is 91.6 Å². The summed E-state index contributed by atoms with van der Waals surface area (Å²) in [6.45, 7) is 11.6. The lowest BCUT2D eigenvalue weighted by molar-refractivity contribution is -0.385. The monoisotopic (exact) mass is 392 g/mol. The summed E-state index contributed by atoms with van der Waals surface area (Å²) in [6.07, 6.45) is -0.234. The Morgan fingerprint density at radius 2 is 2.00 bits per heavy atom. The highest BCUT2D eigenvalue weighted by molar-refractivity contribution is 7.17. The van der Waals surface area contributed by atoms with E-state index >= 15 is 0 Å². The minimum atomic E-state index is -0.476. The van der Waals surface area contributed by atoms with E-state index in [9.17, 15) is 14.9 Å². The summed E-state index contributed by atoms with van der Waals surface area (Å²) in [6, 6.07) is 4.71. The zero-order valence-corrected chi connectivity index (χ0v) is 17.2. The number of hydrogen-bond acceptors (Lipinski definition) is 7. The quantitative estimate of drug-likeness (QED) is 0.389. The Balaban J connectivity index is 2.35. The SMILES string of the molecule is Cc1nc(-c2ccc(OCC(C)(C)C)c([N+](=O)[O-])c2)sc1C(=O)OC(C)C. The maximum Gasteiger partial charge on any atom is 0.350 e. The van der Waals surface area contributed by atoms with Crippen LogP contribution < -0.4 is 4.74 Å². The van der Waals surface area contributed by atoms with Crippen LogP contribution in [0.15, 0.2) is 18.2 Å². The Kier molecular flexibility index (Phi) is 6.20. The minimum Gasteiger partial charge on any atom is -0.486 e. The average molecular weight is 392 g/mol. The van der Waals surface area contributed by atoms with Crippen molar-refractivity contribution in [2.75, 3.05) is 6.61 Å². The molecule has 2 aromatic rings. The van der Waals surface area contributed by atoms with Crippen molar-refractivity contribution in [2.45, 2.75) is 47.6 Å². The molecule has 1 aromatic heterocycles. The maximum atomic E-state index is 12.1. The summed E-state index contributed by atoms with van der Waals surface area (Å²) >= 11 is 1.16. The van der Waals surface area contributed by atoms with E-state index < -0.39 is 10.9 Å². The number of benzene rings is 1. The molecule has 0 fully saturated rings. The second-order valence-electron chi connectivity index (χ2n) is 7.68. The van der Waals surface area contributed by atoms with Crippen molar-refractivity contribution in [1.82, 2.24) is 4.98 Å². The van der Waals surface area contributed by atoms with Crippen LogP contribution in [0.5, 0.6) is 5.75 Å². The first kappa shape index (κ1) is 20.8. The van der Waals surface area contributed by atoms with Crippen molar-refractivity contribution in [3.63, 3.8) is 0 Å². The number of nitro benzene ring substituents is 1. The van der Waals surface area contributed by atoms with Crippen molar-refractivity contribution in [3.8, 4) is 16.3 Å². The van der Waals surface area contributed by atoms with Gasteiger partial charge >= 0.3 is 11.7 Å². The summed E-state index contributed by atoms with van der Waals surface area (Å²) in [5.41, 5.74) is 0.846. The van der Waals surface area contributed by atoms with Crippen molar-refractivity contribution in [2.24, 2.45) is 5.41 Å². The lowest BCUT2D eigenvalue weighted by Crippen LogP contribution is -2.17. The summed E-state index contributed by atoms with van der Waals surface area (Å²) < 4.78 is 10.8. The number of aryl methyl sites for hydroxylation is 1. The Labute approximate surface area is 162 Å². The van der Waals surface area contributed by atoms with Gasteiger partial charge in [-0.1, -0.05) is 20.8 Å². The Morgan fingerprint density at radius 1 is 1.33 bits per heavy atom. The predicted molar refractivity (Wildman–Crippen MR) is 104 cm³/mol. The fourth-order valence-corrected chi connectivity index (χ4v) is 3.13. The average Bonchev–Trinajstić information content (AvgIpc) is 2.93. The van der Waals surface area contributed by atoms with Crippen molar-refractivity contribution in [3.05, 3.63) is 38.9 Å². The summed E-state index contributed by atoms with van der Waals surface area (Å²) in [5.74, 6) is -0.225. The number of thiazole rings is 1. The molecular formula is C19H24N2O5S. The first-order chi connectivity index (χ1) is 12.5. The van der Waals surface area contributed by atoms with Crippen molar-refractivity contribution >= 4 is 23.0 Å². The third-order valence-electron chi connectivity index (χ3n) is 3.39. The van der Waals surface area contributed by atoms with Gasteiger partial charge in [-0.05, 0) is 38.3 Å². The van der Waals surface area contributed by atoms with E-state index in [1.165, 1.54) is 6.07 Å². The van der Waals surface area contributed by atoms with Gasteiger partial charge in [-0.15, -0.1) is 11.3 Å². The molecule has 146 valence electrons. The highest BCUT2D eigenvalue weighted by Crippen LogP contribution is 2.36. The summed E-state index contributed by atoms with van der Waals surface area (Å²) in [7, 11) is 0. The smallest absolute Gasteiger partial charge is 0.350 e. The van der Waals surface area contributed by atoms with Gasteiger partial charge in [0.25, 0.3) is 0 Å². The van der Waals surface area contributed by atoms with Crippen LogP contribution in [0.4, 0.5) is 5.69 Å². The van der Waals surface area contributed by atoms with Crippen LogP contribution in [-0.2, 0) is 4.74 Å². The molecule has 0 unspecified atom stereocenters. The number of carbonyl (C=O) groups is 1. The van der Waals surface area contributed by atoms with Crippen molar-refractivity contribution in [1.29, 1.82) is 0 Å². The molecule has 0 saturated heterocycles. The van der Waals surface area contributed by atoms with Crippen LogP contribution in [0, 0.1) is 22.5 Å². The summed E-state index contributed by atoms with van der Waals surface area (Å²) in [4.78, 5) is 27.9. The summed E-state index contributed by atoms with van der Waals surface area (Å²) in [5, 5.41) is 12.0. The zero-order chi connectivity index (χ0) is 20.4. The number of ether oxygens (including phenoxy) is 2. The molecule has 0 radical (unpaired) electrons. The molecular weight excluding hydrogens is 368 g/mol. The molecule has 0 aliphatic carbocycles. The Bertz CT molecular complexity index is 852. The fourth-order valence-electron chi connectivity index (χ4n) is 2.19. The number of rotatable bonds is 6. The molecule has 1 aromatic carbocycles. The molecule has 2 rings (SSSR count). The van der Waals surface area contributed by atoms with Crippen molar-refractivity contribution < 1.29 is 19.2 Å². The van der Waals surface area contributed by atoms with E-state index in [4.69, 9.17) is 9.47 Å². The molecule has 0 N–H and O–H groups in total. The number of nitro groups is 1. The van der Waals surface area contributed by atoms with E-state index in [-0.39, 0.29) is 23.0 Å². The van der Waals surface area contributed by atoms with Crippen LogP contribution in [0.1, 0.15) is 50.0 Å². The number of aromatic nitrogens is 1. The molecule has 0 aliphatic rings. The number of nitrogens with zero attached hydrogens (tertiary/aromatic N) is 2. The normalized spacial score (nSPS) is 11.5. The van der Waals surface area contributed by atoms with Gasteiger partial charge in [0.1, 0.15) is 9.88 Å². The standard InChI is InChI=1S/C19H24N2O5S/c1-11(2)26-18(22)16-12(3)20-17(27-16)13-7-8-15(14(9-13)21(23)24)25-10-19(4,5)6/h7-9,11H,10H2,1-6H3. The molecule has 27 heavy (non-hydrogen) atoms. The van der Waals surface area contributed by atoms with Gasteiger partial charge in [-0.25, -0.2) is 9.78 Å². The van der Waals surface area contributed by atoms with Gasteiger partial charge in [0, 0.05) is 11.6 Å². The van der Waals surface area contributed by atoms with Gasteiger partial charge in [-0.2, -0.15) is 0 Å². The third-order valence-corrected chi connectivity index (χ3v) is 4.57. The molecule has 7 nitrogen and oxygen atoms in total. The second kappa shape index (κ2) is 8.04. The first-order valence-electron chi connectivity index (χ1n) is 8.58. The van der Waals surface area contributed by atoms with Gasteiger partial charge in [0.05, 0.1) is 23.3 Å². The lowest BCUT2D eigenvalue weighted by atomic mass is 9.99. The van der Waals surface area contributed by atoms with Gasteiger partial charge in [0.15, 0.2) is 5.75 Å². The molecule has 0 amide bonds. The zero-order valence-electron chi connectivity index (χ0n) is 16.4. The van der Waals surface area contributed by atoms with Crippen LogP contribution in [0.25, 0.3) is 10.6 Å². The van der Waals surface area contributed by atoms with Gasteiger partial charge < -0.3 is 9.47 Å². The number of carbonyl (C=O) groups excluding carboxylic acids is 1. The fraction of sp³-hybridized carbons (Fsp3) is 0.474. The first-order valence-corrected chi connectivity index (χ1v) is 9.39. The van der Waals surface area contributed by atoms with E-state index in [0.29, 0.717) is 27.7 Å². The number of esters is 1. The highest BCUT2D eigenvalue weighted by atomic mass is 32.1. The Morgan fingerprint density at radius 3 is 2.56 bits per heavy atom. The second-order valence-corrected chi connectivity index (χ2v) is 8.68. The molecule has 0 atom stereocenters. The van der Waals surface area contributed by atoms with Gasteiger partial charge in [0.2, 0.25) is 0 Å².